The number of halogens is 3. The van der Waals surface area contributed by atoms with E-state index in [4.69, 9.17) is 0 Å². The van der Waals surface area contributed by atoms with E-state index in [0.29, 0.717) is 6.07 Å². The van der Waals surface area contributed by atoms with Crippen molar-refractivity contribution in [3.8, 4) is 11.5 Å². The number of aryl methyl sites for hydroxylation is 1. The SMILES string of the molecule is Cn1cncc1-c1nc(C(=O)Nc2ccc(=O)[nH]c2)cc(C(F)(F)F)n1. The molecular formula is C15H11F3N6O2. The molecule has 0 bridgehead atoms. The summed E-state index contributed by atoms with van der Waals surface area (Å²) in [4.78, 5) is 36.9. The van der Waals surface area contributed by atoms with Gasteiger partial charge >= 0.3 is 6.18 Å². The Morgan fingerprint density at radius 3 is 2.62 bits per heavy atom. The molecule has 3 heterocycles. The summed E-state index contributed by atoms with van der Waals surface area (Å²) in [5.74, 6) is -1.17. The number of pyridine rings is 1. The number of aromatic nitrogens is 5. The Morgan fingerprint density at radius 1 is 1.27 bits per heavy atom. The second-order valence-corrected chi connectivity index (χ2v) is 5.25. The molecule has 1 amide bonds. The van der Waals surface area contributed by atoms with Crippen LogP contribution in [-0.4, -0.2) is 30.4 Å². The van der Waals surface area contributed by atoms with Crippen LogP contribution in [0.2, 0.25) is 0 Å². The van der Waals surface area contributed by atoms with Gasteiger partial charge < -0.3 is 14.9 Å². The zero-order valence-corrected chi connectivity index (χ0v) is 13.2. The number of imidazole rings is 1. The van der Waals surface area contributed by atoms with Gasteiger partial charge in [-0.1, -0.05) is 0 Å². The van der Waals surface area contributed by atoms with Crippen molar-refractivity contribution >= 4 is 11.6 Å². The summed E-state index contributed by atoms with van der Waals surface area (Å²) in [5.41, 5.74) is -1.70. The number of alkyl halides is 3. The minimum atomic E-state index is -4.76. The Labute approximate surface area is 143 Å². The van der Waals surface area contributed by atoms with Gasteiger partial charge in [0.25, 0.3) is 5.91 Å². The molecule has 0 fully saturated rings. The van der Waals surface area contributed by atoms with E-state index in [-0.39, 0.29) is 22.8 Å². The minimum absolute atomic E-state index is 0.198. The van der Waals surface area contributed by atoms with E-state index in [1.807, 2.05) is 0 Å². The summed E-state index contributed by atoms with van der Waals surface area (Å²) in [6, 6.07) is 3.03. The molecule has 0 saturated carbocycles. The number of hydrogen-bond acceptors (Lipinski definition) is 5. The number of rotatable bonds is 3. The fourth-order valence-electron chi connectivity index (χ4n) is 2.08. The summed E-state index contributed by atoms with van der Waals surface area (Å²) in [5, 5.41) is 2.36. The van der Waals surface area contributed by atoms with Gasteiger partial charge in [0.2, 0.25) is 5.56 Å². The van der Waals surface area contributed by atoms with E-state index in [1.165, 1.54) is 29.4 Å². The van der Waals surface area contributed by atoms with Crippen LogP contribution in [0.3, 0.4) is 0 Å². The number of nitrogens with zero attached hydrogens (tertiary/aromatic N) is 4. The van der Waals surface area contributed by atoms with E-state index in [0.717, 1.165) is 6.07 Å². The number of carbonyl (C=O) groups is 1. The molecule has 3 rings (SSSR count). The molecule has 0 atom stereocenters. The van der Waals surface area contributed by atoms with Gasteiger partial charge in [0.05, 0.1) is 18.2 Å². The van der Waals surface area contributed by atoms with Crippen molar-refractivity contribution in [3.05, 3.63) is 58.7 Å². The number of anilines is 1. The maximum atomic E-state index is 13.1. The number of nitrogens with one attached hydrogen (secondary N) is 2. The van der Waals surface area contributed by atoms with Crippen molar-refractivity contribution in [3.63, 3.8) is 0 Å². The third-order valence-corrected chi connectivity index (χ3v) is 3.34. The second kappa shape index (κ2) is 6.43. The lowest BCUT2D eigenvalue weighted by Crippen LogP contribution is -2.19. The van der Waals surface area contributed by atoms with Crippen LogP contribution < -0.4 is 10.9 Å². The topological polar surface area (TPSA) is 106 Å². The monoisotopic (exact) mass is 364 g/mol. The van der Waals surface area contributed by atoms with Crippen LogP contribution in [0.15, 0.2) is 41.7 Å². The van der Waals surface area contributed by atoms with Crippen LogP contribution in [0.25, 0.3) is 11.5 Å². The number of amides is 1. The van der Waals surface area contributed by atoms with E-state index in [1.54, 1.807) is 7.05 Å². The average Bonchev–Trinajstić information content (AvgIpc) is 3.02. The first-order chi connectivity index (χ1) is 12.2. The first kappa shape index (κ1) is 17.3. The smallest absolute Gasteiger partial charge is 0.331 e. The van der Waals surface area contributed by atoms with Crippen LogP contribution in [0, 0.1) is 0 Å². The van der Waals surface area contributed by atoms with Crippen molar-refractivity contribution in [1.29, 1.82) is 0 Å². The van der Waals surface area contributed by atoms with Gasteiger partial charge in [0.15, 0.2) is 5.82 Å². The van der Waals surface area contributed by atoms with Gasteiger partial charge in [-0.25, -0.2) is 15.0 Å². The number of carbonyl (C=O) groups excluding carboxylic acids is 1. The molecule has 3 aromatic rings. The summed E-state index contributed by atoms with van der Waals surface area (Å²) in [7, 11) is 1.56. The van der Waals surface area contributed by atoms with Gasteiger partial charge in [-0.05, 0) is 6.07 Å². The van der Waals surface area contributed by atoms with Crippen LogP contribution in [0.4, 0.5) is 18.9 Å². The lowest BCUT2D eigenvalue weighted by molar-refractivity contribution is -0.141. The fourth-order valence-corrected chi connectivity index (χ4v) is 2.08. The molecule has 134 valence electrons. The molecule has 3 aromatic heterocycles. The third kappa shape index (κ3) is 3.61. The zero-order chi connectivity index (χ0) is 18.9. The minimum Gasteiger partial charge on any atom is -0.331 e. The van der Waals surface area contributed by atoms with Crippen LogP contribution >= 0.6 is 0 Å². The predicted octanol–water partition coefficient (Wildman–Crippen LogP) is 1.84. The third-order valence-electron chi connectivity index (χ3n) is 3.34. The zero-order valence-electron chi connectivity index (χ0n) is 13.2. The van der Waals surface area contributed by atoms with E-state index < -0.39 is 23.5 Å². The molecule has 0 aromatic carbocycles. The Morgan fingerprint density at radius 2 is 2.04 bits per heavy atom. The molecule has 0 aliphatic carbocycles. The lowest BCUT2D eigenvalue weighted by atomic mass is 10.2. The first-order valence-corrected chi connectivity index (χ1v) is 7.17. The molecule has 0 aliphatic heterocycles. The molecule has 8 nitrogen and oxygen atoms in total. The molecular weight excluding hydrogens is 353 g/mol. The van der Waals surface area contributed by atoms with Crippen molar-refractivity contribution in [2.45, 2.75) is 6.18 Å². The van der Waals surface area contributed by atoms with Gasteiger partial charge in [-0.3, -0.25) is 9.59 Å². The van der Waals surface area contributed by atoms with Crippen molar-refractivity contribution in [2.75, 3.05) is 5.32 Å². The molecule has 0 spiro atoms. The summed E-state index contributed by atoms with van der Waals surface area (Å²) in [6.45, 7) is 0. The van der Waals surface area contributed by atoms with Crippen molar-refractivity contribution < 1.29 is 18.0 Å². The highest BCUT2D eigenvalue weighted by atomic mass is 19.4. The Kier molecular flexibility index (Phi) is 4.28. The van der Waals surface area contributed by atoms with Gasteiger partial charge in [0, 0.05) is 25.4 Å². The van der Waals surface area contributed by atoms with Gasteiger partial charge in [0.1, 0.15) is 17.1 Å². The van der Waals surface area contributed by atoms with E-state index >= 15 is 0 Å². The number of H-pyrrole nitrogens is 1. The molecule has 0 radical (unpaired) electrons. The fraction of sp³-hybridized carbons (Fsp3) is 0.133. The van der Waals surface area contributed by atoms with Crippen LogP contribution in [-0.2, 0) is 13.2 Å². The standard InChI is InChI=1S/C15H11F3N6O2/c1-24-7-19-6-10(24)13-22-9(4-11(23-13)15(16,17)18)14(26)21-8-2-3-12(25)20-5-8/h2-7H,1H3,(H,20,25)(H,21,26). The highest BCUT2D eigenvalue weighted by molar-refractivity contribution is 6.03. The second-order valence-electron chi connectivity index (χ2n) is 5.25. The van der Waals surface area contributed by atoms with Crippen LogP contribution in [0.5, 0.6) is 0 Å². The summed E-state index contributed by atoms with van der Waals surface area (Å²) >= 11 is 0. The highest BCUT2D eigenvalue weighted by Crippen LogP contribution is 2.29. The Hall–Kier alpha value is -3.50. The number of aromatic amines is 1. The van der Waals surface area contributed by atoms with Crippen molar-refractivity contribution in [2.24, 2.45) is 7.05 Å². The van der Waals surface area contributed by atoms with Crippen molar-refractivity contribution in [1.82, 2.24) is 24.5 Å². The quantitative estimate of drug-likeness (QED) is 0.738. The Balaban J connectivity index is 2.02. The Bertz CT molecular complexity index is 1000. The maximum absolute atomic E-state index is 13.1. The van der Waals surface area contributed by atoms with E-state index in [2.05, 4.69) is 25.3 Å². The molecule has 26 heavy (non-hydrogen) atoms. The molecule has 0 unspecified atom stereocenters. The average molecular weight is 364 g/mol. The molecule has 0 saturated heterocycles. The molecule has 2 N–H and O–H groups in total. The van der Waals surface area contributed by atoms with E-state index in [9.17, 15) is 22.8 Å². The first-order valence-electron chi connectivity index (χ1n) is 7.17. The largest absolute Gasteiger partial charge is 0.433 e. The summed E-state index contributed by atoms with van der Waals surface area (Å²) in [6.07, 6.45) is -0.879. The van der Waals surface area contributed by atoms with Gasteiger partial charge in [-0.15, -0.1) is 0 Å². The van der Waals surface area contributed by atoms with Crippen LogP contribution in [0.1, 0.15) is 16.2 Å². The summed E-state index contributed by atoms with van der Waals surface area (Å²) < 4.78 is 40.9. The number of hydrogen-bond donors (Lipinski definition) is 2. The van der Waals surface area contributed by atoms with Gasteiger partial charge in [-0.2, -0.15) is 13.2 Å². The normalized spacial score (nSPS) is 11.4. The highest BCUT2D eigenvalue weighted by Gasteiger charge is 2.34. The predicted molar refractivity (Wildman–Crippen MR) is 84.3 cm³/mol. The molecule has 0 aliphatic rings. The lowest BCUT2D eigenvalue weighted by Gasteiger charge is -2.11. The maximum Gasteiger partial charge on any atom is 0.433 e. The molecule has 11 heteroatoms.